The molecule has 0 aliphatic rings. The van der Waals surface area contributed by atoms with Crippen LogP contribution < -0.4 is 5.32 Å². The molecule has 0 saturated heterocycles. The number of hydrogen-bond donors (Lipinski definition) is 1. The van der Waals surface area contributed by atoms with Crippen LogP contribution in [0.25, 0.3) is 0 Å². The van der Waals surface area contributed by atoms with Crippen molar-refractivity contribution in [2.45, 2.75) is 46.1 Å². The molecule has 0 spiro atoms. The van der Waals surface area contributed by atoms with Crippen LogP contribution in [-0.4, -0.2) is 6.54 Å². The van der Waals surface area contributed by atoms with E-state index in [1.165, 1.54) is 24.0 Å². The van der Waals surface area contributed by atoms with Gasteiger partial charge in [-0.1, -0.05) is 51.5 Å². The van der Waals surface area contributed by atoms with Crippen molar-refractivity contribution in [2.75, 3.05) is 6.54 Å². The molecule has 1 heteroatoms. The molecule has 1 aromatic carbocycles. The van der Waals surface area contributed by atoms with Crippen molar-refractivity contribution in [3.05, 3.63) is 35.4 Å². The van der Waals surface area contributed by atoms with Crippen LogP contribution in [0, 0.1) is 0 Å². The molecule has 0 radical (unpaired) electrons. The van der Waals surface area contributed by atoms with Crippen molar-refractivity contribution in [1.82, 2.24) is 5.32 Å². The van der Waals surface area contributed by atoms with E-state index in [0.29, 0.717) is 6.04 Å². The van der Waals surface area contributed by atoms with Gasteiger partial charge in [0.2, 0.25) is 0 Å². The van der Waals surface area contributed by atoms with E-state index in [2.05, 4.69) is 50.4 Å². The predicted octanol–water partition coefficient (Wildman–Crippen LogP) is 3.70. The standard InChI is InChI=1S/C14H23N/c1-4-7-12-8-10-13(11-9-12)14(5-2)15-6-3/h8-11,14-15H,4-7H2,1-3H3. The zero-order valence-corrected chi connectivity index (χ0v) is 10.2. The second kappa shape index (κ2) is 6.62. The van der Waals surface area contributed by atoms with Crippen LogP contribution in [0.1, 0.15) is 50.8 Å². The molecule has 84 valence electrons. The summed E-state index contributed by atoms with van der Waals surface area (Å²) < 4.78 is 0. The van der Waals surface area contributed by atoms with Crippen molar-refractivity contribution in [2.24, 2.45) is 0 Å². The van der Waals surface area contributed by atoms with Crippen molar-refractivity contribution in [3.63, 3.8) is 0 Å². The maximum Gasteiger partial charge on any atom is 0.0317 e. The van der Waals surface area contributed by atoms with Gasteiger partial charge >= 0.3 is 0 Å². The summed E-state index contributed by atoms with van der Waals surface area (Å²) in [6.45, 7) is 7.65. The van der Waals surface area contributed by atoms with E-state index >= 15 is 0 Å². The van der Waals surface area contributed by atoms with Gasteiger partial charge in [0.25, 0.3) is 0 Å². The molecule has 15 heavy (non-hydrogen) atoms. The van der Waals surface area contributed by atoms with Gasteiger partial charge in [-0.25, -0.2) is 0 Å². The zero-order valence-electron chi connectivity index (χ0n) is 10.2. The Morgan fingerprint density at radius 1 is 1.07 bits per heavy atom. The molecule has 1 atom stereocenters. The Labute approximate surface area is 93.9 Å². The van der Waals surface area contributed by atoms with Gasteiger partial charge in [-0.15, -0.1) is 0 Å². The van der Waals surface area contributed by atoms with Crippen LogP contribution in [0.5, 0.6) is 0 Å². The summed E-state index contributed by atoms with van der Waals surface area (Å²) in [6, 6.07) is 9.58. The first-order valence-corrected chi connectivity index (χ1v) is 6.14. The van der Waals surface area contributed by atoms with E-state index in [4.69, 9.17) is 0 Å². The van der Waals surface area contributed by atoms with Crippen LogP contribution in [-0.2, 0) is 6.42 Å². The van der Waals surface area contributed by atoms with Crippen molar-refractivity contribution >= 4 is 0 Å². The molecule has 0 amide bonds. The monoisotopic (exact) mass is 205 g/mol. The van der Waals surface area contributed by atoms with Gasteiger partial charge in [0.15, 0.2) is 0 Å². The topological polar surface area (TPSA) is 12.0 Å². The van der Waals surface area contributed by atoms with E-state index in [0.717, 1.165) is 13.0 Å². The normalized spacial score (nSPS) is 12.7. The molecule has 0 aliphatic carbocycles. The fraction of sp³-hybridized carbons (Fsp3) is 0.571. The first kappa shape index (κ1) is 12.3. The van der Waals surface area contributed by atoms with Gasteiger partial charge in [0, 0.05) is 6.04 Å². The summed E-state index contributed by atoms with van der Waals surface area (Å²) in [5, 5.41) is 3.50. The molecule has 1 nitrogen and oxygen atoms in total. The maximum atomic E-state index is 3.50. The zero-order chi connectivity index (χ0) is 11.1. The summed E-state index contributed by atoms with van der Waals surface area (Å²) in [6.07, 6.45) is 3.57. The van der Waals surface area contributed by atoms with Gasteiger partial charge in [0.05, 0.1) is 0 Å². The van der Waals surface area contributed by atoms with Crippen molar-refractivity contribution in [3.8, 4) is 0 Å². The number of hydrogen-bond acceptors (Lipinski definition) is 1. The van der Waals surface area contributed by atoms with Gasteiger partial charge in [-0.3, -0.25) is 0 Å². The fourth-order valence-electron chi connectivity index (χ4n) is 1.95. The first-order valence-electron chi connectivity index (χ1n) is 6.14. The molecule has 0 heterocycles. The van der Waals surface area contributed by atoms with E-state index in [1.807, 2.05) is 0 Å². The Bertz CT molecular complexity index is 263. The lowest BCUT2D eigenvalue weighted by Gasteiger charge is -2.16. The number of aryl methyl sites for hydroxylation is 1. The summed E-state index contributed by atoms with van der Waals surface area (Å²) in [5.41, 5.74) is 2.87. The molecule has 1 rings (SSSR count). The highest BCUT2D eigenvalue weighted by molar-refractivity contribution is 5.25. The van der Waals surface area contributed by atoms with Crippen LogP contribution in [0.15, 0.2) is 24.3 Å². The minimum Gasteiger partial charge on any atom is -0.310 e. The highest BCUT2D eigenvalue weighted by atomic mass is 14.9. The third-order valence-electron chi connectivity index (χ3n) is 2.78. The molecule has 1 aromatic rings. The smallest absolute Gasteiger partial charge is 0.0317 e. The van der Waals surface area contributed by atoms with Crippen LogP contribution in [0.2, 0.25) is 0 Å². The Morgan fingerprint density at radius 3 is 2.20 bits per heavy atom. The molecule has 1 unspecified atom stereocenters. The van der Waals surface area contributed by atoms with Crippen molar-refractivity contribution < 1.29 is 0 Å². The molecular formula is C14H23N. The molecule has 0 fully saturated rings. The quantitative estimate of drug-likeness (QED) is 0.746. The van der Waals surface area contributed by atoms with Crippen molar-refractivity contribution in [1.29, 1.82) is 0 Å². The summed E-state index contributed by atoms with van der Waals surface area (Å²) >= 11 is 0. The second-order valence-electron chi connectivity index (χ2n) is 4.01. The minimum atomic E-state index is 0.519. The fourth-order valence-corrected chi connectivity index (χ4v) is 1.95. The third-order valence-corrected chi connectivity index (χ3v) is 2.78. The highest BCUT2D eigenvalue weighted by Gasteiger charge is 2.06. The first-order chi connectivity index (χ1) is 7.31. The average Bonchev–Trinajstić information content (AvgIpc) is 2.28. The van der Waals surface area contributed by atoms with E-state index in [9.17, 15) is 0 Å². The molecule has 0 aromatic heterocycles. The van der Waals surface area contributed by atoms with E-state index in [1.54, 1.807) is 0 Å². The van der Waals surface area contributed by atoms with Gasteiger partial charge in [-0.05, 0) is 30.5 Å². The van der Waals surface area contributed by atoms with E-state index < -0.39 is 0 Å². The average molecular weight is 205 g/mol. The number of nitrogens with one attached hydrogen (secondary N) is 1. The van der Waals surface area contributed by atoms with Crippen LogP contribution >= 0.6 is 0 Å². The van der Waals surface area contributed by atoms with Crippen LogP contribution in [0.4, 0.5) is 0 Å². The van der Waals surface area contributed by atoms with Gasteiger partial charge in [0.1, 0.15) is 0 Å². The van der Waals surface area contributed by atoms with Crippen LogP contribution in [0.3, 0.4) is 0 Å². The lowest BCUT2D eigenvalue weighted by atomic mass is 10.0. The Balaban J connectivity index is 2.68. The summed E-state index contributed by atoms with van der Waals surface area (Å²) in [5.74, 6) is 0. The molecular weight excluding hydrogens is 182 g/mol. The predicted molar refractivity (Wildman–Crippen MR) is 67.1 cm³/mol. The highest BCUT2D eigenvalue weighted by Crippen LogP contribution is 2.17. The molecule has 0 aliphatic heterocycles. The maximum absolute atomic E-state index is 3.50. The lowest BCUT2D eigenvalue weighted by Crippen LogP contribution is -2.19. The summed E-state index contributed by atoms with van der Waals surface area (Å²) in [4.78, 5) is 0. The van der Waals surface area contributed by atoms with Gasteiger partial charge in [-0.2, -0.15) is 0 Å². The Hall–Kier alpha value is -0.820. The lowest BCUT2D eigenvalue weighted by molar-refractivity contribution is 0.537. The third kappa shape index (κ3) is 3.67. The summed E-state index contributed by atoms with van der Waals surface area (Å²) in [7, 11) is 0. The Morgan fingerprint density at radius 2 is 1.73 bits per heavy atom. The van der Waals surface area contributed by atoms with E-state index in [-0.39, 0.29) is 0 Å². The molecule has 1 N–H and O–H groups in total. The largest absolute Gasteiger partial charge is 0.310 e. The SMILES string of the molecule is CCCc1ccc(C(CC)NCC)cc1. The minimum absolute atomic E-state index is 0.519. The number of rotatable bonds is 6. The molecule has 0 bridgehead atoms. The molecule has 0 saturated carbocycles. The second-order valence-corrected chi connectivity index (χ2v) is 4.01. The van der Waals surface area contributed by atoms with Gasteiger partial charge < -0.3 is 5.32 Å². The Kier molecular flexibility index (Phi) is 5.41. The number of benzene rings is 1.